The summed E-state index contributed by atoms with van der Waals surface area (Å²) in [6.07, 6.45) is 3.62. The number of aromatic nitrogens is 1. The molecule has 0 bridgehead atoms. The van der Waals surface area contributed by atoms with E-state index in [1.807, 2.05) is 17.0 Å². The maximum atomic E-state index is 12.5. The first-order valence-electron chi connectivity index (χ1n) is 7.80. The molecule has 2 rings (SSSR count). The molecule has 116 valence electrons. The van der Waals surface area contributed by atoms with Gasteiger partial charge in [0.2, 0.25) is 0 Å². The molecular formula is C16H25N3O2. The third kappa shape index (κ3) is 3.73. The van der Waals surface area contributed by atoms with Gasteiger partial charge in [0, 0.05) is 39.0 Å². The highest BCUT2D eigenvalue weighted by Crippen LogP contribution is 2.19. The highest BCUT2D eigenvalue weighted by molar-refractivity contribution is 5.94. The van der Waals surface area contributed by atoms with Crippen molar-refractivity contribution in [2.24, 2.45) is 5.92 Å². The van der Waals surface area contributed by atoms with Crippen molar-refractivity contribution >= 4 is 11.7 Å². The first kappa shape index (κ1) is 15.8. The summed E-state index contributed by atoms with van der Waals surface area (Å²) in [7, 11) is 0. The van der Waals surface area contributed by atoms with Crippen molar-refractivity contribution < 1.29 is 9.90 Å². The number of hydrogen-bond acceptors (Lipinski definition) is 4. The number of likely N-dealkylation sites (tertiary alicyclic amines) is 1. The van der Waals surface area contributed by atoms with E-state index in [0.717, 1.165) is 38.3 Å². The van der Waals surface area contributed by atoms with Gasteiger partial charge in [-0.25, -0.2) is 4.98 Å². The van der Waals surface area contributed by atoms with E-state index in [0.29, 0.717) is 12.1 Å². The van der Waals surface area contributed by atoms with Gasteiger partial charge in [0.1, 0.15) is 5.82 Å². The van der Waals surface area contributed by atoms with Crippen molar-refractivity contribution in [3.05, 3.63) is 23.9 Å². The Bertz CT molecular complexity index is 457. The van der Waals surface area contributed by atoms with Crippen LogP contribution < -0.4 is 4.90 Å². The lowest BCUT2D eigenvalue weighted by atomic mass is 9.98. The van der Waals surface area contributed by atoms with Crippen LogP contribution >= 0.6 is 0 Å². The Morgan fingerprint density at radius 3 is 2.76 bits per heavy atom. The van der Waals surface area contributed by atoms with Crippen LogP contribution in [0.1, 0.15) is 37.0 Å². The molecule has 1 aromatic heterocycles. The van der Waals surface area contributed by atoms with Crippen LogP contribution in [0.2, 0.25) is 0 Å². The van der Waals surface area contributed by atoms with Crippen LogP contribution in [-0.4, -0.2) is 53.7 Å². The molecule has 0 radical (unpaired) electrons. The Labute approximate surface area is 126 Å². The smallest absolute Gasteiger partial charge is 0.255 e. The zero-order valence-corrected chi connectivity index (χ0v) is 13.0. The zero-order chi connectivity index (χ0) is 15.2. The van der Waals surface area contributed by atoms with Crippen LogP contribution in [0.4, 0.5) is 5.82 Å². The fraction of sp³-hybridized carbons (Fsp3) is 0.625. The molecule has 1 saturated heterocycles. The van der Waals surface area contributed by atoms with Crippen molar-refractivity contribution in [1.29, 1.82) is 0 Å². The van der Waals surface area contributed by atoms with Gasteiger partial charge in [-0.05, 0) is 44.7 Å². The number of pyridine rings is 1. The second-order valence-electron chi connectivity index (χ2n) is 5.52. The second-order valence-corrected chi connectivity index (χ2v) is 5.52. The van der Waals surface area contributed by atoms with Crippen molar-refractivity contribution in [2.75, 3.05) is 37.7 Å². The largest absolute Gasteiger partial charge is 0.396 e. The Kier molecular flexibility index (Phi) is 5.56. The maximum Gasteiger partial charge on any atom is 0.255 e. The summed E-state index contributed by atoms with van der Waals surface area (Å²) in [5.74, 6) is 1.14. The number of carbonyl (C=O) groups is 1. The van der Waals surface area contributed by atoms with Gasteiger partial charge >= 0.3 is 0 Å². The first-order chi connectivity index (χ1) is 10.2. The fourth-order valence-corrected chi connectivity index (χ4v) is 2.83. The summed E-state index contributed by atoms with van der Waals surface area (Å²) in [5.41, 5.74) is 0.629. The molecule has 0 spiro atoms. The molecule has 5 heteroatoms. The van der Waals surface area contributed by atoms with Gasteiger partial charge in [-0.3, -0.25) is 4.79 Å². The second kappa shape index (κ2) is 7.41. The first-order valence-corrected chi connectivity index (χ1v) is 7.80. The Hall–Kier alpha value is -1.62. The molecule has 0 aliphatic carbocycles. The van der Waals surface area contributed by atoms with Gasteiger partial charge in [0.25, 0.3) is 5.91 Å². The van der Waals surface area contributed by atoms with E-state index < -0.39 is 0 Å². The number of nitrogens with zero attached hydrogens (tertiary/aromatic N) is 3. The number of amides is 1. The van der Waals surface area contributed by atoms with E-state index >= 15 is 0 Å². The average molecular weight is 291 g/mol. The van der Waals surface area contributed by atoms with Gasteiger partial charge in [0.05, 0.1) is 5.56 Å². The van der Waals surface area contributed by atoms with E-state index in [-0.39, 0.29) is 18.4 Å². The summed E-state index contributed by atoms with van der Waals surface area (Å²) >= 11 is 0. The highest BCUT2D eigenvalue weighted by Gasteiger charge is 2.24. The van der Waals surface area contributed by atoms with E-state index in [9.17, 15) is 9.90 Å². The standard InChI is InChI=1S/C16H25N3O2/c1-3-18(4-2)15-8-7-14(10-17-15)16(21)19-9-5-6-13(11-19)12-20/h7-8,10,13,20H,3-6,9,11-12H2,1-2H3. The molecular weight excluding hydrogens is 266 g/mol. The number of carbonyl (C=O) groups excluding carboxylic acids is 1. The minimum atomic E-state index is 0.0201. The number of aliphatic hydroxyl groups is 1. The van der Waals surface area contributed by atoms with Crippen LogP contribution in [0.3, 0.4) is 0 Å². The lowest BCUT2D eigenvalue weighted by molar-refractivity contribution is 0.0620. The number of aliphatic hydroxyl groups excluding tert-OH is 1. The summed E-state index contributed by atoms with van der Waals surface area (Å²) in [4.78, 5) is 20.9. The molecule has 1 fully saturated rings. The van der Waals surface area contributed by atoms with Crippen molar-refractivity contribution in [3.63, 3.8) is 0 Å². The Morgan fingerprint density at radius 1 is 1.43 bits per heavy atom. The van der Waals surface area contributed by atoms with Crippen LogP contribution in [0.5, 0.6) is 0 Å². The maximum absolute atomic E-state index is 12.5. The molecule has 0 aromatic carbocycles. The Morgan fingerprint density at radius 2 is 2.19 bits per heavy atom. The number of rotatable bonds is 5. The summed E-state index contributed by atoms with van der Waals surface area (Å²) in [6.45, 7) is 7.56. The monoisotopic (exact) mass is 291 g/mol. The van der Waals surface area contributed by atoms with E-state index in [1.54, 1.807) is 6.20 Å². The van der Waals surface area contributed by atoms with Crippen LogP contribution in [-0.2, 0) is 0 Å². The van der Waals surface area contributed by atoms with E-state index in [4.69, 9.17) is 0 Å². The van der Waals surface area contributed by atoms with Crippen LogP contribution in [0.25, 0.3) is 0 Å². The summed E-state index contributed by atoms with van der Waals surface area (Å²) in [5, 5.41) is 9.26. The fourth-order valence-electron chi connectivity index (χ4n) is 2.83. The minimum Gasteiger partial charge on any atom is -0.396 e. The molecule has 1 aliphatic heterocycles. The van der Waals surface area contributed by atoms with E-state index in [2.05, 4.69) is 23.7 Å². The molecule has 1 unspecified atom stereocenters. The zero-order valence-electron chi connectivity index (χ0n) is 13.0. The van der Waals surface area contributed by atoms with Gasteiger partial charge in [-0.1, -0.05) is 0 Å². The van der Waals surface area contributed by atoms with Crippen molar-refractivity contribution in [3.8, 4) is 0 Å². The quantitative estimate of drug-likeness (QED) is 0.898. The lowest BCUT2D eigenvalue weighted by Crippen LogP contribution is -2.41. The third-order valence-electron chi connectivity index (χ3n) is 4.15. The summed E-state index contributed by atoms with van der Waals surface area (Å²) < 4.78 is 0. The molecule has 1 atom stereocenters. The number of piperidine rings is 1. The van der Waals surface area contributed by atoms with Crippen molar-refractivity contribution in [1.82, 2.24) is 9.88 Å². The predicted molar refractivity (Wildman–Crippen MR) is 83.5 cm³/mol. The van der Waals surface area contributed by atoms with Gasteiger partial charge in [0.15, 0.2) is 0 Å². The van der Waals surface area contributed by atoms with Crippen molar-refractivity contribution in [2.45, 2.75) is 26.7 Å². The number of hydrogen-bond donors (Lipinski definition) is 1. The average Bonchev–Trinajstić information content (AvgIpc) is 2.56. The molecule has 2 heterocycles. The third-order valence-corrected chi connectivity index (χ3v) is 4.15. The summed E-state index contributed by atoms with van der Waals surface area (Å²) in [6, 6.07) is 3.76. The minimum absolute atomic E-state index is 0.0201. The molecule has 5 nitrogen and oxygen atoms in total. The topological polar surface area (TPSA) is 56.7 Å². The molecule has 0 saturated carbocycles. The lowest BCUT2D eigenvalue weighted by Gasteiger charge is -2.32. The van der Waals surface area contributed by atoms with E-state index in [1.165, 1.54) is 0 Å². The SMILES string of the molecule is CCN(CC)c1ccc(C(=O)N2CCCC(CO)C2)cn1. The van der Waals surface area contributed by atoms with Gasteiger partial charge < -0.3 is 14.9 Å². The molecule has 1 aliphatic rings. The Balaban J connectivity index is 2.05. The van der Waals surface area contributed by atoms with Gasteiger partial charge in [-0.15, -0.1) is 0 Å². The molecule has 1 amide bonds. The molecule has 1 aromatic rings. The highest BCUT2D eigenvalue weighted by atomic mass is 16.3. The predicted octanol–water partition coefficient (Wildman–Crippen LogP) is 1.77. The van der Waals surface area contributed by atoms with Crippen LogP contribution in [0.15, 0.2) is 18.3 Å². The molecule has 21 heavy (non-hydrogen) atoms. The van der Waals surface area contributed by atoms with Crippen LogP contribution in [0, 0.1) is 5.92 Å². The van der Waals surface area contributed by atoms with Gasteiger partial charge in [-0.2, -0.15) is 0 Å². The normalized spacial score (nSPS) is 18.6. The number of anilines is 1. The molecule has 1 N–H and O–H groups in total.